The third-order valence-electron chi connectivity index (χ3n) is 3.96. The summed E-state index contributed by atoms with van der Waals surface area (Å²) in [6.45, 7) is 4.59. The number of carbonyl (C=O) groups is 1. The summed E-state index contributed by atoms with van der Waals surface area (Å²) in [5.74, 6) is 0.803. The Morgan fingerprint density at radius 1 is 1.33 bits per heavy atom. The lowest BCUT2D eigenvalue weighted by molar-refractivity contribution is 0.206. The van der Waals surface area contributed by atoms with E-state index in [0.29, 0.717) is 0 Å². The molecule has 2 aromatic rings. The van der Waals surface area contributed by atoms with E-state index in [9.17, 15) is 4.79 Å². The zero-order valence-electron chi connectivity index (χ0n) is 12.3. The molecule has 1 fully saturated rings. The minimum atomic E-state index is -0.0660. The number of carbonyl (C=O) groups excluding carboxylic acids is 1. The van der Waals surface area contributed by atoms with Crippen LogP contribution in [0.15, 0.2) is 34.9 Å². The molecule has 5 heteroatoms. The first-order valence-corrected chi connectivity index (χ1v) is 7.22. The Morgan fingerprint density at radius 3 is 2.76 bits per heavy atom. The summed E-state index contributed by atoms with van der Waals surface area (Å²) in [5, 5.41) is 6.96. The van der Waals surface area contributed by atoms with Crippen molar-refractivity contribution in [1.29, 1.82) is 0 Å². The minimum absolute atomic E-state index is 0.0555. The van der Waals surface area contributed by atoms with Gasteiger partial charge in [-0.05, 0) is 38.8 Å². The van der Waals surface area contributed by atoms with Gasteiger partial charge in [0.2, 0.25) is 0 Å². The van der Waals surface area contributed by atoms with Gasteiger partial charge in [0, 0.05) is 17.8 Å². The average molecular weight is 285 g/mol. The van der Waals surface area contributed by atoms with Gasteiger partial charge in [-0.3, -0.25) is 0 Å². The first kappa shape index (κ1) is 13.7. The summed E-state index contributed by atoms with van der Waals surface area (Å²) in [4.78, 5) is 14.4. The van der Waals surface area contributed by atoms with E-state index >= 15 is 0 Å². The van der Waals surface area contributed by atoms with E-state index in [2.05, 4.69) is 10.5 Å². The highest BCUT2D eigenvalue weighted by Gasteiger charge is 2.33. The first-order valence-electron chi connectivity index (χ1n) is 7.22. The maximum atomic E-state index is 12.5. The number of likely N-dealkylation sites (tertiary alicyclic amines) is 1. The van der Waals surface area contributed by atoms with Crippen LogP contribution in [-0.2, 0) is 0 Å². The molecule has 1 saturated heterocycles. The minimum Gasteiger partial charge on any atom is -0.361 e. The molecule has 110 valence electrons. The fraction of sp³-hybridized carbons (Fsp3) is 0.375. The number of aromatic nitrogens is 1. The third kappa shape index (κ3) is 2.63. The summed E-state index contributed by atoms with van der Waals surface area (Å²) in [7, 11) is 0. The molecular weight excluding hydrogens is 266 g/mol. The Morgan fingerprint density at radius 2 is 2.10 bits per heavy atom. The monoisotopic (exact) mass is 285 g/mol. The predicted octanol–water partition coefficient (Wildman–Crippen LogP) is 3.66. The summed E-state index contributed by atoms with van der Waals surface area (Å²) in [6, 6.07) is 9.51. The molecule has 1 atom stereocenters. The number of anilines is 1. The van der Waals surface area contributed by atoms with Gasteiger partial charge in [-0.15, -0.1) is 0 Å². The van der Waals surface area contributed by atoms with Crippen LogP contribution < -0.4 is 5.32 Å². The molecule has 1 aromatic heterocycles. The number of benzene rings is 1. The fourth-order valence-electron chi connectivity index (χ4n) is 2.99. The van der Waals surface area contributed by atoms with Crippen LogP contribution >= 0.6 is 0 Å². The number of hydrogen-bond acceptors (Lipinski definition) is 3. The maximum Gasteiger partial charge on any atom is 0.322 e. The van der Waals surface area contributed by atoms with Gasteiger partial charge in [0.1, 0.15) is 5.76 Å². The molecule has 2 amide bonds. The molecule has 0 saturated carbocycles. The Kier molecular flexibility index (Phi) is 3.64. The Hall–Kier alpha value is -2.30. The van der Waals surface area contributed by atoms with E-state index in [1.54, 1.807) is 0 Å². The number of nitrogens with zero attached hydrogens (tertiary/aromatic N) is 2. The second-order valence-electron chi connectivity index (χ2n) is 5.39. The standard InChI is InChI=1S/C16H19N3O2/c1-11-15(12(2)21-18-11)14-9-6-10-19(14)16(20)17-13-7-4-3-5-8-13/h3-5,7-8,14H,6,9-10H2,1-2H3,(H,17,20). The second kappa shape index (κ2) is 5.60. The van der Waals surface area contributed by atoms with Crippen molar-refractivity contribution in [2.75, 3.05) is 11.9 Å². The molecule has 1 aliphatic rings. The molecular formula is C16H19N3O2. The van der Waals surface area contributed by atoms with Crippen molar-refractivity contribution in [3.05, 3.63) is 47.3 Å². The Labute approximate surface area is 123 Å². The smallest absolute Gasteiger partial charge is 0.322 e. The van der Waals surface area contributed by atoms with Gasteiger partial charge < -0.3 is 14.7 Å². The van der Waals surface area contributed by atoms with Crippen molar-refractivity contribution in [2.24, 2.45) is 0 Å². The van der Waals surface area contributed by atoms with E-state index in [1.165, 1.54) is 0 Å². The topological polar surface area (TPSA) is 58.4 Å². The molecule has 0 spiro atoms. The van der Waals surface area contributed by atoms with Crippen molar-refractivity contribution in [1.82, 2.24) is 10.1 Å². The van der Waals surface area contributed by atoms with E-state index in [-0.39, 0.29) is 12.1 Å². The van der Waals surface area contributed by atoms with E-state index in [4.69, 9.17) is 4.52 Å². The van der Waals surface area contributed by atoms with Crippen LogP contribution in [0, 0.1) is 13.8 Å². The predicted molar refractivity (Wildman–Crippen MR) is 80.1 cm³/mol. The van der Waals surface area contributed by atoms with Gasteiger partial charge in [0.05, 0.1) is 11.7 Å². The molecule has 5 nitrogen and oxygen atoms in total. The zero-order valence-corrected chi connectivity index (χ0v) is 12.3. The molecule has 1 aliphatic heterocycles. The van der Waals surface area contributed by atoms with E-state index in [0.717, 1.165) is 42.1 Å². The van der Waals surface area contributed by atoms with Crippen LogP contribution in [0.25, 0.3) is 0 Å². The SMILES string of the molecule is Cc1noc(C)c1C1CCCN1C(=O)Nc1ccccc1. The van der Waals surface area contributed by atoms with Crippen molar-refractivity contribution < 1.29 is 9.32 Å². The van der Waals surface area contributed by atoms with Crippen LogP contribution in [-0.4, -0.2) is 22.6 Å². The van der Waals surface area contributed by atoms with Gasteiger partial charge in [-0.1, -0.05) is 23.4 Å². The normalized spacial score (nSPS) is 18.0. The quantitative estimate of drug-likeness (QED) is 0.916. The number of urea groups is 1. The van der Waals surface area contributed by atoms with Crippen molar-refractivity contribution in [2.45, 2.75) is 32.7 Å². The molecule has 2 heterocycles. The number of aryl methyl sites for hydroxylation is 2. The number of nitrogens with one attached hydrogen (secondary N) is 1. The highest BCUT2D eigenvalue weighted by atomic mass is 16.5. The van der Waals surface area contributed by atoms with Gasteiger partial charge in [-0.2, -0.15) is 0 Å². The number of rotatable bonds is 2. The number of para-hydroxylation sites is 1. The molecule has 1 N–H and O–H groups in total. The number of hydrogen-bond donors (Lipinski definition) is 1. The van der Waals surface area contributed by atoms with Gasteiger partial charge in [0.25, 0.3) is 0 Å². The van der Waals surface area contributed by atoms with Gasteiger partial charge in [0.15, 0.2) is 0 Å². The van der Waals surface area contributed by atoms with Crippen molar-refractivity contribution in [3.8, 4) is 0 Å². The summed E-state index contributed by atoms with van der Waals surface area (Å²) in [5.41, 5.74) is 2.74. The second-order valence-corrected chi connectivity index (χ2v) is 5.39. The Bertz CT molecular complexity index is 617. The lowest BCUT2D eigenvalue weighted by Crippen LogP contribution is -2.34. The molecule has 0 radical (unpaired) electrons. The lowest BCUT2D eigenvalue weighted by Gasteiger charge is -2.25. The third-order valence-corrected chi connectivity index (χ3v) is 3.96. The van der Waals surface area contributed by atoms with Crippen molar-refractivity contribution >= 4 is 11.7 Å². The summed E-state index contributed by atoms with van der Waals surface area (Å²) < 4.78 is 5.25. The largest absolute Gasteiger partial charge is 0.361 e. The van der Waals surface area contributed by atoms with Crippen LogP contribution in [0.3, 0.4) is 0 Å². The van der Waals surface area contributed by atoms with Crippen molar-refractivity contribution in [3.63, 3.8) is 0 Å². The molecule has 21 heavy (non-hydrogen) atoms. The summed E-state index contributed by atoms with van der Waals surface area (Å²) in [6.07, 6.45) is 1.95. The lowest BCUT2D eigenvalue weighted by atomic mass is 10.0. The fourth-order valence-corrected chi connectivity index (χ4v) is 2.99. The molecule has 0 bridgehead atoms. The highest BCUT2D eigenvalue weighted by Crippen LogP contribution is 2.35. The van der Waals surface area contributed by atoms with Crippen LogP contribution in [0.4, 0.5) is 10.5 Å². The van der Waals surface area contributed by atoms with Crippen LogP contribution in [0.1, 0.15) is 35.9 Å². The molecule has 0 aliphatic carbocycles. The molecule has 1 aromatic carbocycles. The molecule has 3 rings (SSSR count). The molecule has 1 unspecified atom stereocenters. The van der Waals surface area contributed by atoms with E-state index < -0.39 is 0 Å². The summed E-state index contributed by atoms with van der Waals surface area (Å²) >= 11 is 0. The Balaban J connectivity index is 1.80. The maximum absolute atomic E-state index is 12.5. The highest BCUT2D eigenvalue weighted by molar-refractivity contribution is 5.89. The van der Waals surface area contributed by atoms with E-state index in [1.807, 2.05) is 49.1 Å². The van der Waals surface area contributed by atoms with Gasteiger partial charge >= 0.3 is 6.03 Å². The van der Waals surface area contributed by atoms with Crippen LogP contribution in [0.2, 0.25) is 0 Å². The van der Waals surface area contributed by atoms with Crippen LogP contribution in [0.5, 0.6) is 0 Å². The zero-order chi connectivity index (χ0) is 14.8. The average Bonchev–Trinajstić information content (AvgIpc) is 3.07. The first-order chi connectivity index (χ1) is 10.2. The number of amides is 2. The van der Waals surface area contributed by atoms with Gasteiger partial charge in [-0.25, -0.2) is 4.79 Å².